The van der Waals surface area contributed by atoms with Crippen molar-refractivity contribution < 1.29 is 13.9 Å². The molecule has 1 aromatic carbocycles. The zero-order valence-electron chi connectivity index (χ0n) is 11.1. The summed E-state index contributed by atoms with van der Waals surface area (Å²) in [7, 11) is 0. The third kappa shape index (κ3) is 3.21. The Kier molecular flexibility index (Phi) is 4.34. The third-order valence-corrected chi connectivity index (χ3v) is 4.54. The molecule has 1 N–H and O–H groups in total. The molecule has 104 valence electrons. The van der Waals surface area contributed by atoms with E-state index in [0.29, 0.717) is 24.0 Å². The molecule has 3 nitrogen and oxygen atoms in total. The molecule has 0 bridgehead atoms. The van der Waals surface area contributed by atoms with Crippen LogP contribution in [0.2, 0.25) is 0 Å². The van der Waals surface area contributed by atoms with Crippen molar-refractivity contribution in [1.29, 1.82) is 0 Å². The van der Waals surface area contributed by atoms with Crippen LogP contribution in [0.1, 0.15) is 20.3 Å². The number of esters is 1. The number of hydrogen-bond acceptors (Lipinski definition) is 4. The molecule has 1 aliphatic rings. The molecule has 1 fully saturated rings. The molecule has 0 spiro atoms. The minimum atomic E-state index is -0.697. The number of hydrogen-bond donors (Lipinski definition) is 1. The molecule has 0 amide bonds. The molecule has 2 rings (SSSR count). The summed E-state index contributed by atoms with van der Waals surface area (Å²) in [5.74, 6) is 0.158. The van der Waals surface area contributed by atoms with Crippen LogP contribution in [-0.2, 0) is 9.53 Å². The summed E-state index contributed by atoms with van der Waals surface area (Å²) in [5, 5.41) is 3.63. The molecule has 0 saturated carbocycles. The topological polar surface area (TPSA) is 38.3 Å². The zero-order valence-corrected chi connectivity index (χ0v) is 11.9. The zero-order chi connectivity index (χ0) is 13.9. The Morgan fingerprint density at radius 1 is 1.53 bits per heavy atom. The van der Waals surface area contributed by atoms with Crippen LogP contribution in [0, 0.1) is 5.82 Å². The first-order valence-electron chi connectivity index (χ1n) is 6.38. The summed E-state index contributed by atoms with van der Waals surface area (Å²) >= 11 is 1.74. The maximum absolute atomic E-state index is 12.9. The van der Waals surface area contributed by atoms with E-state index in [-0.39, 0.29) is 11.8 Å². The van der Waals surface area contributed by atoms with E-state index in [2.05, 4.69) is 12.2 Å². The SMILES string of the molecule is CCOC(=O)C1(Nc2ccc(F)cc2)CSC(C)C1. The Labute approximate surface area is 116 Å². The van der Waals surface area contributed by atoms with E-state index in [4.69, 9.17) is 4.74 Å². The lowest BCUT2D eigenvalue weighted by Crippen LogP contribution is -2.48. The minimum Gasteiger partial charge on any atom is -0.464 e. The molecule has 0 aromatic heterocycles. The van der Waals surface area contributed by atoms with Crippen molar-refractivity contribution in [3.8, 4) is 0 Å². The van der Waals surface area contributed by atoms with Gasteiger partial charge in [-0.05, 0) is 37.6 Å². The number of nitrogens with one attached hydrogen (secondary N) is 1. The molecule has 0 radical (unpaired) electrons. The van der Waals surface area contributed by atoms with Gasteiger partial charge in [-0.1, -0.05) is 6.92 Å². The van der Waals surface area contributed by atoms with Gasteiger partial charge in [0.1, 0.15) is 11.4 Å². The smallest absolute Gasteiger partial charge is 0.332 e. The Balaban J connectivity index is 2.19. The van der Waals surface area contributed by atoms with E-state index in [1.165, 1.54) is 12.1 Å². The number of benzene rings is 1. The molecular weight excluding hydrogens is 265 g/mol. The van der Waals surface area contributed by atoms with Gasteiger partial charge in [0, 0.05) is 16.7 Å². The van der Waals surface area contributed by atoms with Gasteiger partial charge in [0.2, 0.25) is 0 Å². The lowest BCUT2D eigenvalue weighted by molar-refractivity contribution is -0.147. The fourth-order valence-corrected chi connectivity index (χ4v) is 3.53. The number of thioether (sulfide) groups is 1. The molecule has 2 unspecified atom stereocenters. The summed E-state index contributed by atoms with van der Waals surface area (Å²) in [5.41, 5.74) is 0.0435. The normalized spacial score (nSPS) is 26.2. The van der Waals surface area contributed by atoms with Crippen molar-refractivity contribution in [2.24, 2.45) is 0 Å². The van der Waals surface area contributed by atoms with E-state index >= 15 is 0 Å². The summed E-state index contributed by atoms with van der Waals surface area (Å²) < 4.78 is 18.1. The number of anilines is 1. The van der Waals surface area contributed by atoms with E-state index in [9.17, 15) is 9.18 Å². The summed E-state index contributed by atoms with van der Waals surface area (Å²) in [6, 6.07) is 6.05. The van der Waals surface area contributed by atoms with Crippen LogP contribution in [-0.4, -0.2) is 29.1 Å². The highest BCUT2D eigenvalue weighted by molar-refractivity contribution is 8.00. The first-order valence-corrected chi connectivity index (χ1v) is 7.43. The number of carbonyl (C=O) groups excluding carboxylic acids is 1. The maximum Gasteiger partial charge on any atom is 0.332 e. The van der Waals surface area contributed by atoms with Gasteiger partial charge in [-0.2, -0.15) is 11.8 Å². The largest absolute Gasteiger partial charge is 0.464 e. The fourth-order valence-electron chi connectivity index (χ4n) is 2.25. The quantitative estimate of drug-likeness (QED) is 0.862. The Morgan fingerprint density at radius 2 is 2.21 bits per heavy atom. The Morgan fingerprint density at radius 3 is 2.74 bits per heavy atom. The Bertz CT molecular complexity index is 451. The standard InChI is InChI=1S/C14H18FNO2S/c1-3-18-13(17)14(8-10(2)19-9-14)16-12-6-4-11(15)5-7-12/h4-7,10,16H,3,8-9H2,1-2H3. The summed E-state index contributed by atoms with van der Waals surface area (Å²) in [6.07, 6.45) is 0.716. The molecule has 1 saturated heterocycles. The highest BCUT2D eigenvalue weighted by Gasteiger charge is 2.46. The van der Waals surface area contributed by atoms with Gasteiger partial charge >= 0.3 is 5.97 Å². The van der Waals surface area contributed by atoms with Crippen molar-refractivity contribution in [2.75, 3.05) is 17.7 Å². The molecule has 1 aromatic rings. The maximum atomic E-state index is 12.9. The number of carbonyl (C=O) groups is 1. The van der Waals surface area contributed by atoms with Gasteiger partial charge in [-0.15, -0.1) is 0 Å². The Hall–Kier alpha value is -1.23. The van der Waals surface area contributed by atoms with Crippen LogP contribution in [0.25, 0.3) is 0 Å². The third-order valence-electron chi connectivity index (χ3n) is 3.14. The second-order valence-corrected chi connectivity index (χ2v) is 6.19. The van der Waals surface area contributed by atoms with Crippen molar-refractivity contribution in [1.82, 2.24) is 0 Å². The van der Waals surface area contributed by atoms with Gasteiger partial charge in [0.05, 0.1) is 6.61 Å². The average molecular weight is 283 g/mol. The highest BCUT2D eigenvalue weighted by Crippen LogP contribution is 2.37. The second-order valence-electron chi connectivity index (χ2n) is 4.76. The molecular formula is C14H18FNO2S. The van der Waals surface area contributed by atoms with Crippen molar-refractivity contribution in [3.63, 3.8) is 0 Å². The molecule has 1 aliphatic heterocycles. The van der Waals surface area contributed by atoms with Gasteiger partial charge < -0.3 is 10.1 Å². The first kappa shape index (κ1) is 14.2. The fraction of sp³-hybridized carbons (Fsp3) is 0.500. The van der Waals surface area contributed by atoms with E-state index in [1.54, 1.807) is 30.8 Å². The van der Waals surface area contributed by atoms with E-state index < -0.39 is 5.54 Å². The predicted molar refractivity (Wildman–Crippen MR) is 75.9 cm³/mol. The minimum absolute atomic E-state index is 0.226. The molecule has 1 heterocycles. The van der Waals surface area contributed by atoms with Crippen LogP contribution in [0.4, 0.5) is 10.1 Å². The van der Waals surface area contributed by atoms with Gasteiger partial charge in [-0.3, -0.25) is 0 Å². The van der Waals surface area contributed by atoms with Crippen molar-refractivity contribution >= 4 is 23.4 Å². The average Bonchev–Trinajstić information content (AvgIpc) is 2.75. The number of ether oxygens (including phenoxy) is 1. The number of rotatable bonds is 4. The molecule has 19 heavy (non-hydrogen) atoms. The predicted octanol–water partition coefficient (Wildman–Crippen LogP) is 3.06. The first-order chi connectivity index (χ1) is 9.05. The molecule has 5 heteroatoms. The summed E-state index contributed by atoms with van der Waals surface area (Å²) in [6.45, 7) is 4.26. The monoisotopic (exact) mass is 283 g/mol. The number of halogens is 1. The molecule has 0 aliphatic carbocycles. The second kappa shape index (κ2) is 5.82. The van der Waals surface area contributed by atoms with Gasteiger partial charge in [0.15, 0.2) is 0 Å². The lowest BCUT2D eigenvalue weighted by Gasteiger charge is -2.28. The van der Waals surface area contributed by atoms with Crippen LogP contribution < -0.4 is 5.32 Å². The van der Waals surface area contributed by atoms with Gasteiger partial charge in [0.25, 0.3) is 0 Å². The van der Waals surface area contributed by atoms with Crippen LogP contribution >= 0.6 is 11.8 Å². The van der Waals surface area contributed by atoms with E-state index in [1.807, 2.05) is 0 Å². The van der Waals surface area contributed by atoms with Crippen LogP contribution in [0.3, 0.4) is 0 Å². The lowest BCUT2D eigenvalue weighted by atomic mass is 9.95. The van der Waals surface area contributed by atoms with Crippen LogP contribution in [0.15, 0.2) is 24.3 Å². The van der Waals surface area contributed by atoms with Crippen molar-refractivity contribution in [3.05, 3.63) is 30.1 Å². The van der Waals surface area contributed by atoms with E-state index in [0.717, 1.165) is 5.69 Å². The summed E-state index contributed by atoms with van der Waals surface area (Å²) in [4.78, 5) is 12.2. The van der Waals surface area contributed by atoms with Gasteiger partial charge in [-0.25, -0.2) is 9.18 Å². The van der Waals surface area contributed by atoms with Crippen LogP contribution in [0.5, 0.6) is 0 Å². The molecule has 2 atom stereocenters. The highest BCUT2D eigenvalue weighted by atomic mass is 32.2. The van der Waals surface area contributed by atoms with Crippen molar-refractivity contribution in [2.45, 2.75) is 31.1 Å².